The predicted octanol–water partition coefficient (Wildman–Crippen LogP) is 4.56. The van der Waals surface area contributed by atoms with Gasteiger partial charge in [-0.3, -0.25) is 4.79 Å². The first-order valence-corrected chi connectivity index (χ1v) is 12.0. The number of carbonyl (C=O) groups excluding carboxylic acids is 1. The number of likely N-dealkylation sites (tertiary alicyclic amines) is 1. The third-order valence-electron chi connectivity index (χ3n) is 6.92. The molecule has 3 heterocycles. The number of hydrogen-bond donors (Lipinski definition) is 4. The SMILES string of the molecule is O=C(O)c1ccc2[nH]cc(CCCCN3CCC(NC(=O)c4ccc5[nH]ccc5c4)CC3)c2c1. The van der Waals surface area contributed by atoms with Crippen LogP contribution in [0.15, 0.2) is 54.9 Å². The monoisotopic (exact) mass is 458 g/mol. The lowest BCUT2D eigenvalue weighted by molar-refractivity contribution is 0.0696. The number of hydrogen-bond acceptors (Lipinski definition) is 3. The third kappa shape index (κ3) is 4.84. The summed E-state index contributed by atoms with van der Waals surface area (Å²) in [6.45, 7) is 3.04. The van der Waals surface area contributed by atoms with E-state index < -0.39 is 5.97 Å². The van der Waals surface area contributed by atoms with E-state index in [1.54, 1.807) is 12.1 Å². The van der Waals surface area contributed by atoms with Crippen LogP contribution < -0.4 is 5.32 Å². The minimum absolute atomic E-state index is 0.00587. The van der Waals surface area contributed by atoms with Gasteiger partial charge in [0.15, 0.2) is 0 Å². The molecule has 0 atom stereocenters. The van der Waals surface area contributed by atoms with Crippen molar-refractivity contribution in [3.8, 4) is 0 Å². The molecule has 4 aromatic rings. The Bertz CT molecular complexity index is 1310. The van der Waals surface area contributed by atoms with Crippen LogP contribution >= 0.6 is 0 Å². The Morgan fingerprint density at radius 3 is 2.59 bits per heavy atom. The quantitative estimate of drug-likeness (QED) is 0.291. The average Bonchev–Trinajstić information content (AvgIpc) is 3.48. The van der Waals surface area contributed by atoms with Crippen molar-refractivity contribution in [1.82, 2.24) is 20.2 Å². The number of carboxylic acids is 1. The molecule has 7 heteroatoms. The molecule has 1 amide bonds. The summed E-state index contributed by atoms with van der Waals surface area (Å²) in [5.74, 6) is -0.887. The molecule has 1 aliphatic rings. The molecule has 0 unspecified atom stereocenters. The van der Waals surface area contributed by atoms with Crippen LogP contribution in [-0.4, -0.2) is 57.5 Å². The zero-order chi connectivity index (χ0) is 23.5. The number of aromatic carboxylic acids is 1. The van der Waals surface area contributed by atoms with Crippen LogP contribution in [0.4, 0.5) is 0 Å². The van der Waals surface area contributed by atoms with E-state index in [1.165, 1.54) is 5.56 Å². The number of amides is 1. The van der Waals surface area contributed by atoms with Crippen LogP contribution in [0.25, 0.3) is 21.8 Å². The summed E-state index contributed by atoms with van der Waals surface area (Å²) < 4.78 is 0. The van der Waals surface area contributed by atoms with Crippen molar-refractivity contribution in [3.63, 3.8) is 0 Å². The molecule has 2 aromatic heterocycles. The van der Waals surface area contributed by atoms with Crippen molar-refractivity contribution in [1.29, 1.82) is 0 Å². The Labute approximate surface area is 198 Å². The van der Waals surface area contributed by atoms with Gasteiger partial charge in [-0.1, -0.05) is 0 Å². The number of aryl methyl sites for hydroxylation is 1. The Hall–Kier alpha value is -3.58. The molecule has 4 N–H and O–H groups in total. The Kier molecular flexibility index (Phi) is 6.36. The molecule has 176 valence electrons. The Morgan fingerprint density at radius 2 is 1.76 bits per heavy atom. The van der Waals surface area contributed by atoms with Crippen molar-refractivity contribution in [2.75, 3.05) is 19.6 Å². The van der Waals surface area contributed by atoms with Crippen LogP contribution in [-0.2, 0) is 6.42 Å². The van der Waals surface area contributed by atoms with Crippen molar-refractivity contribution in [2.24, 2.45) is 0 Å². The number of aromatic amines is 2. The van der Waals surface area contributed by atoms with Gasteiger partial charge in [-0.25, -0.2) is 4.79 Å². The lowest BCUT2D eigenvalue weighted by atomic mass is 10.0. The number of fused-ring (bicyclic) bond motifs is 2. The van der Waals surface area contributed by atoms with Crippen LogP contribution in [0.2, 0.25) is 0 Å². The third-order valence-corrected chi connectivity index (χ3v) is 6.92. The fourth-order valence-corrected chi connectivity index (χ4v) is 4.93. The second-order valence-corrected chi connectivity index (χ2v) is 9.21. The number of nitrogens with zero attached hydrogens (tertiary/aromatic N) is 1. The molecule has 0 bridgehead atoms. The van der Waals surface area contributed by atoms with Crippen molar-refractivity contribution in [2.45, 2.75) is 38.1 Å². The van der Waals surface area contributed by atoms with Gasteiger partial charge in [0, 0.05) is 58.9 Å². The number of carbonyl (C=O) groups is 2. The van der Waals surface area contributed by atoms with Gasteiger partial charge in [0.05, 0.1) is 5.56 Å². The molecule has 1 saturated heterocycles. The van der Waals surface area contributed by atoms with E-state index in [1.807, 2.05) is 42.7 Å². The summed E-state index contributed by atoms with van der Waals surface area (Å²) >= 11 is 0. The first-order chi connectivity index (χ1) is 16.6. The topological polar surface area (TPSA) is 101 Å². The van der Waals surface area contributed by atoms with E-state index >= 15 is 0 Å². The van der Waals surface area contributed by atoms with Gasteiger partial charge >= 0.3 is 5.97 Å². The van der Waals surface area contributed by atoms with Crippen LogP contribution in [0.1, 0.15) is 52.0 Å². The van der Waals surface area contributed by atoms with Gasteiger partial charge in [0.2, 0.25) is 0 Å². The molecule has 0 saturated carbocycles. The number of unbranched alkanes of at least 4 members (excludes halogenated alkanes) is 1. The molecule has 5 rings (SSSR count). The molecule has 2 aromatic carbocycles. The van der Waals surface area contributed by atoms with Crippen LogP contribution in [0.3, 0.4) is 0 Å². The molecule has 1 fully saturated rings. The summed E-state index contributed by atoms with van der Waals surface area (Å²) in [6, 6.07) is 13.2. The minimum Gasteiger partial charge on any atom is -0.478 e. The highest BCUT2D eigenvalue weighted by molar-refractivity contribution is 5.98. The molecule has 1 aliphatic heterocycles. The van der Waals surface area contributed by atoms with E-state index in [9.17, 15) is 14.7 Å². The van der Waals surface area contributed by atoms with Crippen molar-refractivity contribution in [3.05, 3.63) is 71.5 Å². The first-order valence-electron chi connectivity index (χ1n) is 12.0. The van der Waals surface area contributed by atoms with Crippen LogP contribution in [0.5, 0.6) is 0 Å². The maximum atomic E-state index is 12.7. The maximum absolute atomic E-state index is 12.7. The van der Waals surface area contributed by atoms with Gasteiger partial charge < -0.3 is 25.3 Å². The highest BCUT2D eigenvalue weighted by Crippen LogP contribution is 2.22. The average molecular weight is 459 g/mol. The van der Waals surface area contributed by atoms with E-state index in [0.717, 1.165) is 73.5 Å². The normalized spacial score (nSPS) is 15.2. The highest BCUT2D eigenvalue weighted by Gasteiger charge is 2.21. The summed E-state index contributed by atoms with van der Waals surface area (Å²) in [4.78, 5) is 32.8. The largest absolute Gasteiger partial charge is 0.478 e. The summed E-state index contributed by atoms with van der Waals surface area (Å²) in [5, 5.41) is 14.5. The molecular formula is C27H30N4O3. The number of piperidine rings is 1. The zero-order valence-electron chi connectivity index (χ0n) is 19.1. The van der Waals surface area contributed by atoms with E-state index in [4.69, 9.17) is 0 Å². The lowest BCUT2D eigenvalue weighted by Gasteiger charge is -2.32. The fourth-order valence-electron chi connectivity index (χ4n) is 4.93. The molecule has 0 spiro atoms. The molecule has 7 nitrogen and oxygen atoms in total. The van der Waals surface area contributed by atoms with Crippen LogP contribution in [0, 0.1) is 0 Å². The zero-order valence-corrected chi connectivity index (χ0v) is 19.1. The van der Waals surface area contributed by atoms with Gasteiger partial charge in [-0.2, -0.15) is 0 Å². The second-order valence-electron chi connectivity index (χ2n) is 9.21. The lowest BCUT2D eigenvalue weighted by Crippen LogP contribution is -2.44. The highest BCUT2D eigenvalue weighted by atomic mass is 16.4. The van der Waals surface area contributed by atoms with E-state index in [0.29, 0.717) is 11.1 Å². The van der Waals surface area contributed by atoms with Gasteiger partial charge in [-0.05, 0) is 86.7 Å². The Morgan fingerprint density at radius 1 is 0.971 bits per heavy atom. The summed E-state index contributed by atoms with van der Waals surface area (Å²) in [7, 11) is 0. The number of nitrogens with one attached hydrogen (secondary N) is 3. The smallest absolute Gasteiger partial charge is 0.335 e. The minimum atomic E-state index is -0.893. The van der Waals surface area contributed by atoms with E-state index in [2.05, 4.69) is 20.2 Å². The molecule has 34 heavy (non-hydrogen) atoms. The first kappa shape index (κ1) is 22.2. The predicted molar refractivity (Wildman–Crippen MR) is 133 cm³/mol. The summed E-state index contributed by atoms with van der Waals surface area (Å²) in [5.41, 5.74) is 4.24. The fraction of sp³-hybridized carbons (Fsp3) is 0.333. The summed E-state index contributed by atoms with van der Waals surface area (Å²) in [6.07, 6.45) is 8.91. The maximum Gasteiger partial charge on any atom is 0.335 e. The van der Waals surface area contributed by atoms with Crippen molar-refractivity contribution < 1.29 is 14.7 Å². The number of aromatic nitrogens is 2. The number of rotatable bonds is 8. The van der Waals surface area contributed by atoms with Gasteiger partial charge in [0.1, 0.15) is 0 Å². The molecule has 0 radical (unpaired) electrons. The van der Waals surface area contributed by atoms with Crippen molar-refractivity contribution >= 4 is 33.7 Å². The number of carboxylic acid groups (broad SMARTS) is 1. The Balaban J connectivity index is 1.05. The molecular weight excluding hydrogens is 428 g/mol. The molecule has 0 aliphatic carbocycles. The van der Waals surface area contributed by atoms with Gasteiger partial charge in [-0.15, -0.1) is 0 Å². The standard InChI is InChI=1S/C27H30N4O3/c32-26(19-4-6-24-18(15-19)8-11-28-24)30-22-9-13-31(14-10-22)12-2-1-3-21-17-29-25-7-5-20(27(33)34)16-23(21)25/h4-8,11,15-17,22,28-29H,1-3,9-10,12-14H2,(H,30,32)(H,33,34). The van der Waals surface area contributed by atoms with E-state index in [-0.39, 0.29) is 11.9 Å². The second kappa shape index (κ2) is 9.73. The number of benzene rings is 2. The van der Waals surface area contributed by atoms with Gasteiger partial charge in [0.25, 0.3) is 5.91 Å². The number of H-pyrrole nitrogens is 2.